The van der Waals surface area contributed by atoms with Crippen LogP contribution in [0.4, 0.5) is 0 Å². The second kappa shape index (κ2) is 15.0. The van der Waals surface area contributed by atoms with Crippen LogP contribution >= 0.6 is 0 Å². The van der Waals surface area contributed by atoms with Gasteiger partial charge in [0.05, 0.1) is 54.4 Å². The summed E-state index contributed by atoms with van der Waals surface area (Å²) in [5.41, 5.74) is -0.900. The molecule has 0 spiro atoms. The first-order valence-electron chi connectivity index (χ1n) is 17.5. The Labute approximate surface area is 295 Å². The van der Waals surface area contributed by atoms with E-state index < -0.39 is 77.2 Å². The Hall–Kier alpha value is -3.92. The van der Waals surface area contributed by atoms with Crippen molar-refractivity contribution in [3.05, 3.63) is 51.6 Å². The van der Waals surface area contributed by atoms with Crippen molar-refractivity contribution >= 4 is 23.2 Å². The monoisotopic (exact) mass is 710 g/mol. The van der Waals surface area contributed by atoms with Crippen molar-refractivity contribution in [3.8, 4) is 17.2 Å². The minimum atomic E-state index is -2.04. The number of aromatic hydroxyl groups is 2. The van der Waals surface area contributed by atoms with Gasteiger partial charge in [0.2, 0.25) is 11.7 Å². The number of aliphatic hydroxyl groups is 2. The number of benzene rings is 2. The molecule has 2 aliphatic heterocycles. The first kappa shape index (κ1) is 36.9. The molecule has 14 heteroatoms. The SMILES string of the molecule is COc1cccc2c1C(=O)c1c(O)c3c(c(O)c1C2=O)C[C@@](O)(/C(CO)=N\NC(=O)CC(C)C)C[C@@H]3O[C@H]1CC[C@H](O[C@@H]2CCCCO2)[C@H](C)O1. The van der Waals surface area contributed by atoms with Crippen LogP contribution in [0.5, 0.6) is 17.2 Å². The summed E-state index contributed by atoms with van der Waals surface area (Å²) in [6.45, 7) is 5.41. The van der Waals surface area contributed by atoms with Crippen molar-refractivity contribution in [1.82, 2.24) is 5.43 Å². The molecular formula is C37H46N2O12. The highest BCUT2D eigenvalue weighted by Crippen LogP contribution is 2.52. The van der Waals surface area contributed by atoms with Gasteiger partial charge in [-0.15, -0.1) is 0 Å². The van der Waals surface area contributed by atoms with E-state index in [0.717, 1.165) is 19.3 Å². The van der Waals surface area contributed by atoms with Crippen molar-refractivity contribution in [2.75, 3.05) is 20.3 Å². The molecule has 2 heterocycles. The number of carbonyl (C=O) groups excluding carboxylic acids is 3. The highest BCUT2D eigenvalue weighted by atomic mass is 16.7. The number of nitrogens with zero attached hydrogens (tertiary/aromatic N) is 1. The molecule has 0 radical (unpaired) electrons. The molecule has 6 atom stereocenters. The molecule has 0 bridgehead atoms. The molecule has 14 nitrogen and oxygen atoms in total. The molecule has 1 amide bonds. The number of phenols is 2. The van der Waals surface area contributed by atoms with Crippen LogP contribution in [0.1, 0.15) is 115 Å². The number of amides is 1. The standard InChI is InChI=1S/C37H46N2O12/c1-18(2)14-26(41)39-38-25(17-40)37(46)15-21-30(24(16-37)51-28-12-11-22(19(3)49-28)50-27-10-5-6-13-48-27)36(45)32-31(34(21)43)33(42)20-8-7-9-23(47-4)29(20)35(32)44/h7-9,18-19,22,24,27-28,40,43,45-46H,5-6,10-17H2,1-4H3,(H,39,41)/b38-25-/t19-,22-,24-,27+,28-,37-/m0/s1. The Morgan fingerprint density at radius 2 is 1.80 bits per heavy atom. The van der Waals surface area contributed by atoms with E-state index in [-0.39, 0.29) is 64.9 Å². The third-order valence-electron chi connectivity index (χ3n) is 10.0. The van der Waals surface area contributed by atoms with E-state index in [9.17, 15) is 34.8 Å². The first-order valence-corrected chi connectivity index (χ1v) is 17.5. The van der Waals surface area contributed by atoms with Crippen molar-refractivity contribution in [2.45, 2.75) is 109 Å². The number of hydrogen-bond acceptors (Lipinski definition) is 13. The minimum Gasteiger partial charge on any atom is -0.507 e. The van der Waals surface area contributed by atoms with Crippen molar-refractivity contribution in [2.24, 2.45) is 11.0 Å². The van der Waals surface area contributed by atoms with Crippen LogP contribution in [-0.2, 0) is 30.2 Å². The van der Waals surface area contributed by atoms with Gasteiger partial charge in [0.15, 0.2) is 18.4 Å². The summed E-state index contributed by atoms with van der Waals surface area (Å²) < 4.78 is 30.0. The van der Waals surface area contributed by atoms with Crippen LogP contribution in [0.3, 0.4) is 0 Å². The highest BCUT2D eigenvalue weighted by Gasteiger charge is 2.49. The Morgan fingerprint density at radius 1 is 1.04 bits per heavy atom. The van der Waals surface area contributed by atoms with Gasteiger partial charge in [-0.05, 0) is 44.6 Å². The number of hydrogen-bond donors (Lipinski definition) is 5. The van der Waals surface area contributed by atoms with Crippen LogP contribution < -0.4 is 10.2 Å². The maximum Gasteiger partial charge on any atom is 0.240 e. The Balaban J connectivity index is 1.38. The normalized spacial score (nSPS) is 27.8. The quantitative estimate of drug-likeness (QED) is 0.117. The molecule has 2 aromatic rings. The number of ether oxygens (including phenoxy) is 5. The van der Waals surface area contributed by atoms with Crippen LogP contribution in [0.2, 0.25) is 0 Å². The molecule has 2 fully saturated rings. The number of hydrazone groups is 1. The third kappa shape index (κ3) is 7.13. The Morgan fingerprint density at radius 3 is 2.47 bits per heavy atom. The average molecular weight is 711 g/mol. The second-order valence-electron chi connectivity index (χ2n) is 14.1. The van der Waals surface area contributed by atoms with Gasteiger partial charge < -0.3 is 44.1 Å². The molecule has 0 saturated carbocycles. The van der Waals surface area contributed by atoms with Gasteiger partial charge in [-0.25, -0.2) is 5.43 Å². The molecule has 2 aromatic carbocycles. The smallest absolute Gasteiger partial charge is 0.240 e. The highest BCUT2D eigenvalue weighted by molar-refractivity contribution is 6.31. The number of rotatable bonds is 10. The summed E-state index contributed by atoms with van der Waals surface area (Å²) in [5.74, 6) is -2.96. The molecule has 5 N–H and O–H groups in total. The fourth-order valence-corrected chi connectivity index (χ4v) is 7.49. The number of methoxy groups -OCH3 is 1. The zero-order valence-electron chi connectivity index (χ0n) is 29.3. The molecule has 0 aromatic heterocycles. The molecule has 2 saturated heterocycles. The summed E-state index contributed by atoms with van der Waals surface area (Å²) in [7, 11) is 1.35. The summed E-state index contributed by atoms with van der Waals surface area (Å²) in [6, 6.07) is 4.48. The van der Waals surface area contributed by atoms with E-state index in [1.807, 2.05) is 20.8 Å². The van der Waals surface area contributed by atoms with Gasteiger partial charge in [0.1, 0.15) is 22.8 Å². The van der Waals surface area contributed by atoms with E-state index in [1.54, 1.807) is 0 Å². The predicted molar refractivity (Wildman–Crippen MR) is 181 cm³/mol. The summed E-state index contributed by atoms with van der Waals surface area (Å²) in [6.07, 6.45) is -0.0499. The fourth-order valence-electron chi connectivity index (χ4n) is 7.49. The van der Waals surface area contributed by atoms with Crippen molar-refractivity contribution in [1.29, 1.82) is 0 Å². The number of nitrogens with one attached hydrogen (secondary N) is 1. The lowest BCUT2D eigenvalue weighted by Crippen LogP contribution is -2.49. The van der Waals surface area contributed by atoms with Crippen LogP contribution in [0.15, 0.2) is 23.3 Å². The van der Waals surface area contributed by atoms with Gasteiger partial charge >= 0.3 is 0 Å². The van der Waals surface area contributed by atoms with Crippen molar-refractivity contribution < 1.29 is 58.5 Å². The zero-order chi connectivity index (χ0) is 36.6. The predicted octanol–water partition coefficient (Wildman–Crippen LogP) is 3.56. The third-order valence-corrected chi connectivity index (χ3v) is 10.0. The maximum atomic E-state index is 14.0. The number of fused-ring (bicyclic) bond motifs is 3. The lowest BCUT2D eigenvalue weighted by molar-refractivity contribution is -0.276. The number of phenolic OH excluding ortho intramolecular Hbond substituents is 2. The lowest BCUT2D eigenvalue weighted by Gasteiger charge is -2.42. The van der Waals surface area contributed by atoms with Crippen molar-refractivity contribution in [3.63, 3.8) is 0 Å². The number of ketones is 2. The molecule has 51 heavy (non-hydrogen) atoms. The van der Waals surface area contributed by atoms with E-state index in [1.165, 1.54) is 25.3 Å². The largest absolute Gasteiger partial charge is 0.507 e. The Bertz CT molecular complexity index is 1720. The second-order valence-corrected chi connectivity index (χ2v) is 14.1. The first-order chi connectivity index (χ1) is 24.4. The van der Waals surface area contributed by atoms with E-state index >= 15 is 0 Å². The van der Waals surface area contributed by atoms with Gasteiger partial charge in [-0.1, -0.05) is 26.0 Å². The average Bonchev–Trinajstić information content (AvgIpc) is 3.09. The summed E-state index contributed by atoms with van der Waals surface area (Å²) >= 11 is 0. The van der Waals surface area contributed by atoms with E-state index in [4.69, 9.17) is 23.7 Å². The molecular weight excluding hydrogens is 664 g/mol. The zero-order valence-corrected chi connectivity index (χ0v) is 29.3. The number of aliphatic hydroxyl groups excluding tert-OH is 1. The lowest BCUT2D eigenvalue weighted by atomic mass is 9.71. The Kier molecular flexibility index (Phi) is 10.8. The van der Waals surface area contributed by atoms with Crippen LogP contribution in [-0.4, -0.2) is 94.3 Å². The molecule has 276 valence electrons. The van der Waals surface area contributed by atoms with Gasteiger partial charge in [-0.2, -0.15) is 5.10 Å². The molecule has 2 aliphatic carbocycles. The molecule has 0 unspecified atom stereocenters. The molecule has 6 rings (SSSR count). The maximum absolute atomic E-state index is 14.0. The minimum absolute atomic E-state index is 0.0122. The topological polar surface area (TPSA) is 203 Å². The van der Waals surface area contributed by atoms with E-state index in [0.29, 0.717) is 19.4 Å². The number of carbonyl (C=O) groups is 3. The van der Waals surface area contributed by atoms with Gasteiger partial charge in [-0.3, -0.25) is 14.4 Å². The van der Waals surface area contributed by atoms with Crippen LogP contribution in [0.25, 0.3) is 0 Å². The van der Waals surface area contributed by atoms with Crippen LogP contribution in [0, 0.1) is 5.92 Å². The van der Waals surface area contributed by atoms with E-state index in [2.05, 4.69) is 10.5 Å². The summed E-state index contributed by atoms with van der Waals surface area (Å²) in [4.78, 5) is 40.3. The summed E-state index contributed by atoms with van der Waals surface area (Å²) in [5, 5.41) is 50.3. The fraction of sp³-hybridized carbons (Fsp3) is 0.568. The van der Waals surface area contributed by atoms with Gasteiger partial charge in [0.25, 0.3) is 0 Å². The van der Waals surface area contributed by atoms with Gasteiger partial charge in [0, 0.05) is 49.0 Å². The molecule has 4 aliphatic rings.